The van der Waals surface area contributed by atoms with Crippen molar-refractivity contribution in [3.8, 4) is 5.75 Å². The second-order valence-corrected chi connectivity index (χ2v) is 6.05. The monoisotopic (exact) mass is 307 g/mol. The van der Waals surface area contributed by atoms with E-state index in [1.54, 1.807) is 18.2 Å². The van der Waals surface area contributed by atoms with Gasteiger partial charge < -0.3 is 10.2 Å². The first-order chi connectivity index (χ1) is 9.90. The molecule has 0 amide bonds. The van der Waals surface area contributed by atoms with E-state index in [0.717, 1.165) is 6.07 Å². The third-order valence-electron chi connectivity index (χ3n) is 2.84. The topological polar surface area (TPSA) is 104 Å². The molecule has 6 nitrogen and oxygen atoms in total. The molecule has 0 aromatic heterocycles. The number of rotatable bonds is 5. The molecular weight excluding hydrogens is 294 g/mol. The molecule has 0 bridgehead atoms. The summed E-state index contributed by atoms with van der Waals surface area (Å²) in [7, 11) is -3.86. The number of benzene rings is 2. The Morgan fingerprint density at radius 2 is 1.81 bits per heavy atom. The zero-order valence-corrected chi connectivity index (χ0v) is 11.7. The van der Waals surface area contributed by atoms with E-state index in [-0.39, 0.29) is 22.8 Å². The first kappa shape index (κ1) is 15.0. The Morgan fingerprint density at radius 3 is 2.48 bits per heavy atom. The Balaban J connectivity index is 2.21. The van der Waals surface area contributed by atoms with E-state index in [2.05, 4.69) is 4.72 Å². The third-order valence-corrected chi connectivity index (χ3v) is 4.23. The molecule has 0 unspecified atom stereocenters. The van der Waals surface area contributed by atoms with Gasteiger partial charge in [0.1, 0.15) is 5.75 Å². The second kappa shape index (κ2) is 5.94. The van der Waals surface area contributed by atoms with E-state index in [9.17, 15) is 18.3 Å². The van der Waals surface area contributed by atoms with E-state index in [4.69, 9.17) is 5.11 Å². The fraction of sp³-hybridized carbons (Fsp3) is 0.0714. The number of carbonyl (C=O) groups is 1. The summed E-state index contributed by atoms with van der Waals surface area (Å²) in [6, 6.07) is 11.4. The number of para-hydroxylation sites is 1. The quantitative estimate of drug-likeness (QED) is 0.778. The summed E-state index contributed by atoms with van der Waals surface area (Å²) in [6.45, 7) is -0.0910. The highest BCUT2D eigenvalue weighted by Gasteiger charge is 2.16. The number of hydrogen-bond donors (Lipinski definition) is 3. The third kappa shape index (κ3) is 3.59. The summed E-state index contributed by atoms with van der Waals surface area (Å²) in [5, 5.41) is 18.5. The van der Waals surface area contributed by atoms with Crippen LogP contribution in [0.15, 0.2) is 53.4 Å². The van der Waals surface area contributed by atoms with Crippen molar-refractivity contribution in [3.05, 3.63) is 59.7 Å². The second-order valence-electron chi connectivity index (χ2n) is 4.29. The molecule has 110 valence electrons. The smallest absolute Gasteiger partial charge is 0.335 e. The summed E-state index contributed by atoms with van der Waals surface area (Å²) in [4.78, 5) is 10.7. The van der Waals surface area contributed by atoms with Crippen LogP contribution in [0.4, 0.5) is 0 Å². The number of sulfonamides is 1. The molecule has 0 aliphatic heterocycles. The molecular formula is C14H13NO5S. The molecule has 0 radical (unpaired) electrons. The lowest BCUT2D eigenvalue weighted by atomic mass is 10.2. The minimum atomic E-state index is -3.86. The van der Waals surface area contributed by atoms with Crippen molar-refractivity contribution in [2.24, 2.45) is 0 Å². The van der Waals surface area contributed by atoms with E-state index in [1.807, 2.05) is 0 Å². The van der Waals surface area contributed by atoms with Gasteiger partial charge in [0, 0.05) is 12.1 Å². The van der Waals surface area contributed by atoms with Crippen LogP contribution in [-0.4, -0.2) is 24.6 Å². The molecule has 0 spiro atoms. The Morgan fingerprint density at radius 1 is 1.10 bits per heavy atom. The fourth-order valence-corrected chi connectivity index (χ4v) is 2.76. The van der Waals surface area contributed by atoms with Gasteiger partial charge in [0.05, 0.1) is 10.5 Å². The van der Waals surface area contributed by atoms with Crippen LogP contribution in [0.5, 0.6) is 5.75 Å². The number of carboxylic acids is 1. The van der Waals surface area contributed by atoms with Gasteiger partial charge in [0.2, 0.25) is 10.0 Å². The zero-order chi connectivity index (χ0) is 15.5. The minimum absolute atomic E-state index is 0.0144. The van der Waals surface area contributed by atoms with Gasteiger partial charge in [0.15, 0.2) is 0 Å². The standard InChI is InChI=1S/C14H13NO5S/c16-13-7-2-1-4-11(13)9-15-21(19,20)12-6-3-5-10(8-12)14(17)18/h1-8,15-16H,9H2,(H,17,18). The van der Waals surface area contributed by atoms with Gasteiger partial charge in [0.25, 0.3) is 0 Å². The number of aromatic carboxylic acids is 1. The molecule has 3 N–H and O–H groups in total. The normalized spacial score (nSPS) is 11.2. The molecule has 2 aromatic carbocycles. The number of phenolic OH excluding ortho intramolecular Hbond substituents is 1. The first-order valence-corrected chi connectivity index (χ1v) is 7.48. The van der Waals surface area contributed by atoms with Crippen molar-refractivity contribution >= 4 is 16.0 Å². The maximum absolute atomic E-state index is 12.1. The highest BCUT2D eigenvalue weighted by Crippen LogP contribution is 2.17. The van der Waals surface area contributed by atoms with Crippen LogP contribution in [0, 0.1) is 0 Å². The van der Waals surface area contributed by atoms with Gasteiger partial charge in [-0.05, 0) is 24.3 Å². The van der Waals surface area contributed by atoms with E-state index >= 15 is 0 Å². The van der Waals surface area contributed by atoms with Crippen molar-refractivity contribution in [1.82, 2.24) is 4.72 Å². The van der Waals surface area contributed by atoms with Crippen LogP contribution < -0.4 is 4.72 Å². The van der Waals surface area contributed by atoms with Crippen molar-refractivity contribution in [2.75, 3.05) is 0 Å². The summed E-state index contributed by atoms with van der Waals surface area (Å²) >= 11 is 0. The van der Waals surface area contributed by atoms with Gasteiger partial charge in [-0.1, -0.05) is 24.3 Å². The van der Waals surface area contributed by atoms with Crippen LogP contribution >= 0.6 is 0 Å². The summed E-state index contributed by atoms with van der Waals surface area (Å²) in [5.41, 5.74) is 0.316. The van der Waals surface area contributed by atoms with Crippen LogP contribution in [0.3, 0.4) is 0 Å². The largest absolute Gasteiger partial charge is 0.508 e. The SMILES string of the molecule is O=C(O)c1cccc(S(=O)(=O)NCc2ccccc2O)c1. The average molecular weight is 307 g/mol. The van der Waals surface area contributed by atoms with Gasteiger partial charge in [-0.15, -0.1) is 0 Å². The molecule has 2 rings (SSSR count). The molecule has 0 saturated heterocycles. The number of carboxylic acid groups (broad SMARTS) is 1. The van der Waals surface area contributed by atoms with Gasteiger partial charge in [-0.3, -0.25) is 0 Å². The van der Waals surface area contributed by atoms with Gasteiger partial charge >= 0.3 is 5.97 Å². The molecule has 0 fully saturated rings. The fourth-order valence-electron chi connectivity index (χ4n) is 1.71. The highest BCUT2D eigenvalue weighted by atomic mass is 32.2. The van der Waals surface area contributed by atoms with Gasteiger partial charge in [-0.2, -0.15) is 0 Å². The molecule has 0 aliphatic rings. The lowest BCUT2D eigenvalue weighted by molar-refractivity contribution is 0.0696. The predicted molar refractivity (Wildman–Crippen MR) is 75.5 cm³/mol. The maximum atomic E-state index is 12.1. The Labute approximate surface area is 121 Å². The Hall–Kier alpha value is -2.38. The lowest BCUT2D eigenvalue weighted by Crippen LogP contribution is -2.23. The van der Waals surface area contributed by atoms with Crippen LogP contribution in [-0.2, 0) is 16.6 Å². The van der Waals surface area contributed by atoms with E-state index in [1.165, 1.54) is 24.3 Å². The van der Waals surface area contributed by atoms with Crippen molar-refractivity contribution < 1.29 is 23.4 Å². The molecule has 2 aromatic rings. The number of phenols is 1. The van der Waals surface area contributed by atoms with Gasteiger partial charge in [-0.25, -0.2) is 17.9 Å². The van der Waals surface area contributed by atoms with Crippen molar-refractivity contribution in [2.45, 2.75) is 11.4 Å². The highest BCUT2D eigenvalue weighted by molar-refractivity contribution is 7.89. The van der Waals surface area contributed by atoms with Crippen molar-refractivity contribution in [3.63, 3.8) is 0 Å². The Kier molecular flexibility index (Phi) is 4.25. The molecule has 0 heterocycles. The molecule has 21 heavy (non-hydrogen) atoms. The first-order valence-electron chi connectivity index (χ1n) is 6.00. The summed E-state index contributed by atoms with van der Waals surface area (Å²) in [6.07, 6.45) is 0. The zero-order valence-electron chi connectivity index (χ0n) is 10.9. The van der Waals surface area contributed by atoms with Crippen LogP contribution in [0.1, 0.15) is 15.9 Å². The molecule has 7 heteroatoms. The van der Waals surface area contributed by atoms with Crippen LogP contribution in [0.2, 0.25) is 0 Å². The Bertz CT molecular complexity index is 770. The minimum Gasteiger partial charge on any atom is -0.508 e. The average Bonchev–Trinajstić information content (AvgIpc) is 2.46. The predicted octanol–water partition coefficient (Wildman–Crippen LogP) is 1.57. The number of nitrogens with one attached hydrogen (secondary N) is 1. The number of hydrogen-bond acceptors (Lipinski definition) is 4. The maximum Gasteiger partial charge on any atom is 0.335 e. The number of aromatic hydroxyl groups is 1. The van der Waals surface area contributed by atoms with E-state index < -0.39 is 16.0 Å². The molecule has 0 atom stereocenters. The summed E-state index contributed by atoms with van der Waals surface area (Å²) in [5.74, 6) is -1.22. The van der Waals surface area contributed by atoms with Crippen molar-refractivity contribution in [1.29, 1.82) is 0 Å². The molecule has 0 aliphatic carbocycles. The van der Waals surface area contributed by atoms with E-state index in [0.29, 0.717) is 5.56 Å². The molecule has 0 saturated carbocycles. The summed E-state index contributed by atoms with van der Waals surface area (Å²) < 4.78 is 26.5. The van der Waals surface area contributed by atoms with Crippen LogP contribution in [0.25, 0.3) is 0 Å². The lowest BCUT2D eigenvalue weighted by Gasteiger charge is -2.08.